The van der Waals surface area contributed by atoms with Gasteiger partial charge in [-0.05, 0) is 36.5 Å². The Balaban J connectivity index is 1.93. The highest BCUT2D eigenvalue weighted by Crippen LogP contribution is 2.41. The average molecular weight is 257 g/mol. The number of nitrogens with zero attached hydrogens (tertiary/aromatic N) is 3. The molecule has 19 heavy (non-hydrogen) atoms. The molecular formula is C15H19N3O. The lowest BCUT2D eigenvalue weighted by atomic mass is 9.75. The minimum atomic E-state index is -0.346. The van der Waals surface area contributed by atoms with Crippen LogP contribution >= 0.6 is 0 Å². The van der Waals surface area contributed by atoms with Crippen LogP contribution < -0.4 is 0 Å². The van der Waals surface area contributed by atoms with Gasteiger partial charge in [0, 0.05) is 23.7 Å². The first-order valence-electron chi connectivity index (χ1n) is 6.68. The summed E-state index contributed by atoms with van der Waals surface area (Å²) in [5, 5.41) is 18.3. The standard InChI is InChI=1S/C15H19N3O/c1-15(2)8-13-12(14(19)9-15)5-7-18(13)10-11-4-3-6-16-17-11/h3-7,14,19H,8-10H2,1-2H3. The van der Waals surface area contributed by atoms with E-state index >= 15 is 0 Å². The zero-order valence-electron chi connectivity index (χ0n) is 11.4. The Morgan fingerprint density at radius 1 is 1.42 bits per heavy atom. The van der Waals surface area contributed by atoms with Crippen molar-refractivity contribution in [2.45, 2.75) is 39.3 Å². The second-order valence-electron chi connectivity index (χ2n) is 6.12. The summed E-state index contributed by atoms with van der Waals surface area (Å²) in [5.41, 5.74) is 3.39. The minimum Gasteiger partial charge on any atom is -0.388 e. The third kappa shape index (κ3) is 2.40. The Labute approximate surface area is 113 Å². The molecule has 4 nitrogen and oxygen atoms in total. The Hall–Kier alpha value is -1.68. The molecule has 2 aromatic heterocycles. The van der Waals surface area contributed by atoms with Crippen molar-refractivity contribution in [3.63, 3.8) is 0 Å². The molecule has 100 valence electrons. The molecule has 0 fully saturated rings. The highest BCUT2D eigenvalue weighted by molar-refractivity contribution is 5.29. The minimum absolute atomic E-state index is 0.144. The summed E-state index contributed by atoms with van der Waals surface area (Å²) in [5.74, 6) is 0. The first kappa shape index (κ1) is 12.4. The summed E-state index contributed by atoms with van der Waals surface area (Å²) in [7, 11) is 0. The van der Waals surface area contributed by atoms with Gasteiger partial charge < -0.3 is 9.67 Å². The van der Waals surface area contributed by atoms with Crippen molar-refractivity contribution in [1.29, 1.82) is 0 Å². The van der Waals surface area contributed by atoms with E-state index in [0.29, 0.717) is 6.54 Å². The molecule has 1 N–H and O–H groups in total. The number of aromatic nitrogens is 3. The van der Waals surface area contributed by atoms with Crippen molar-refractivity contribution in [1.82, 2.24) is 14.8 Å². The molecule has 1 aliphatic rings. The molecule has 0 spiro atoms. The van der Waals surface area contributed by atoms with E-state index in [4.69, 9.17) is 0 Å². The normalized spacial score (nSPS) is 21.1. The van der Waals surface area contributed by atoms with Crippen LogP contribution in [0.4, 0.5) is 0 Å². The first-order chi connectivity index (χ1) is 9.05. The van der Waals surface area contributed by atoms with Gasteiger partial charge >= 0.3 is 0 Å². The lowest BCUT2D eigenvalue weighted by molar-refractivity contribution is 0.0981. The molecule has 0 amide bonds. The average Bonchev–Trinajstić information content (AvgIpc) is 2.72. The molecule has 0 saturated heterocycles. The Morgan fingerprint density at radius 3 is 3.00 bits per heavy atom. The van der Waals surface area contributed by atoms with Crippen LogP contribution in [0.15, 0.2) is 30.6 Å². The molecule has 0 aromatic carbocycles. The predicted molar refractivity (Wildman–Crippen MR) is 72.6 cm³/mol. The smallest absolute Gasteiger partial charge is 0.0828 e. The zero-order chi connectivity index (χ0) is 13.5. The van der Waals surface area contributed by atoms with Gasteiger partial charge in [0.1, 0.15) is 0 Å². The lowest BCUT2D eigenvalue weighted by Crippen LogP contribution is -2.27. The van der Waals surface area contributed by atoms with Gasteiger partial charge in [-0.2, -0.15) is 10.2 Å². The third-order valence-corrected chi connectivity index (χ3v) is 3.82. The van der Waals surface area contributed by atoms with E-state index in [1.54, 1.807) is 6.20 Å². The van der Waals surface area contributed by atoms with Crippen molar-refractivity contribution in [2.24, 2.45) is 5.41 Å². The second-order valence-corrected chi connectivity index (χ2v) is 6.12. The summed E-state index contributed by atoms with van der Waals surface area (Å²) in [6, 6.07) is 5.91. The van der Waals surface area contributed by atoms with Gasteiger partial charge in [0.15, 0.2) is 0 Å². The van der Waals surface area contributed by atoms with Gasteiger partial charge in [0.2, 0.25) is 0 Å². The van der Waals surface area contributed by atoms with E-state index in [1.807, 2.05) is 24.4 Å². The van der Waals surface area contributed by atoms with Crippen LogP contribution in [0.3, 0.4) is 0 Å². The van der Waals surface area contributed by atoms with Gasteiger partial charge in [-0.25, -0.2) is 0 Å². The number of hydrogen-bond acceptors (Lipinski definition) is 3. The molecule has 1 atom stereocenters. The van der Waals surface area contributed by atoms with E-state index < -0.39 is 0 Å². The molecule has 4 heteroatoms. The Kier molecular flexibility index (Phi) is 2.90. The molecule has 0 saturated carbocycles. The van der Waals surface area contributed by atoms with Gasteiger partial charge in [-0.3, -0.25) is 0 Å². The van der Waals surface area contributed by atoms with E-state index in [2.05, 4.69) is 28.6 Å². The fraction of sp³-hybridized carbons (Fsp3) is 0.467. The maximum absolute atomic E-state index is 10.2. The van der Waals surface area contributed by atoms with Gasteiger partial charge in [0.25, 0.3) is 0 Å². The van der Waals surface area contributed by atoms with Crippen LogP contribution in [0.25, 0.3) is 0 Å². The van der Waals surface area contributed by atoms with Crippen LogP contribution in [0.2, 0.25) is 0 Å². The van der Waals surface area contributed by atoms with Crippen molar-refractivity contribution in [3.05, 3.63) is 47.5 Å². The van der Waals surface area contributed by atoms with Gasteiger partial charge in [0.05, 0.1) is 18.3 Å². The zero-order valence-corrected chi connectivity index (χ0v) is 11.4. The lowest BCUT2D eigenvalue weighted by Gasteiger charge is -2.33. The van der Waals surface area contributed by atoms with Crippen molar-refractivity contribution in [3.8, 4) is 0 Å². The SMILES string of the molecule is CC1(C)Cc2c(ccn2Cc2cccnn2)C(O)C1. The van der Waals surface area contributed by atoms with Crippen LogP contribution in [-0.4, -0.2) is 19.9 Å². The van der Waals surface area contributed by atoms with E-state index in [-0.39, 0.29) is 11.5 Å². The molecule has 1 unspecified atom stereocenters. The topological polar surface area (TPSA) is 50.9 Å². The largest absolute Gasteiger partial charge is 0.388 e. The van der Waals surface area contributed by atoms with Crippen molar-refractivity contribution in [2.75, 3.05) is 0 Å². The summed E-state index contributed by atoms with van der Waals surface area (Å²) in [6.07, 6.45) is 5.20. The van der Waals surface area contributed by atoms with Crippen molar-refractivity contribution >= 4 is 0 Å². The molecular weight excluding hydrogens is 238 g/mol. The Morgan fingerprint density at radius 2 is 2.26 bits per heavy atom. The molecule has 2 heterocycles. The summed E-state index contributed by atoms with van der Waals surface area (Å²) < 4.78 is 2.18. The number of hydrogen-bond donors (Lipinski definition) is 1. The van der Waals surface area contributed by atoms with E-state index in [9.17, 15) is 5.11 Å². The third-order valence-electron chi connectivity index (χ3n) is 3.82. The summed E-state index contributed by atoms with van der Waals surface area (Å²) in [6.45, 7) is 5.13. The molecule has 3 rings (SSSR count). The van der Waals surface area contributed by atoms with Crippen LogP contribution in [0.1, 0.15) is 43.3 Å². The van der Waals surface area contributed by atoms with Crippen LogP contribution in [0, 0.1) is 5.41 Å². The molecule has 0 aliphatic heterocycles. The maximum Gasteiger partial charge on any atom is 0.0828 e. The number of rotatable bonds is 2. The quantitative estimate of drug-likeness (QED) is 0.898. The highest BCUT2D eigenvalue weighted by atomic mass is 16.3. The second kappa shape index (κ2) is 4.46. The Bertz CT molecular complexity index is 574. The van der Waals surface area contributed by atoms with Gasteiger partial charge in [-0.1, -0.05) is 13.8 Å². The highest BCUT2D eigenvalue weighted by Gasteiger charge is 2.33. The summed E-state index contributed by atoms with van der Waals surface area (Å²) >= 11 is 0. The first-order valence-corrected chi connectivity index (χ1v) is 6.68. The fourth-order valence-electron chi connectivity index (χ4n) is 2.93. The monoisotopic (exact) mass is 257 g/mol. The summed E-state index contributed by atoms with van der Waals surface area (Å²) in [4.78, 5) is 0. The number of aliphatic hydroxyl groups excluding tert-OH is 1. The van der Waals surface area contributed by atoms with Crippen molar-refractivity contribution < 1.29 is 5.11 Å². The van der Waals surface area contributed by atoms with E-state index in [1.165, 1.54) is 5.69 Å². The predicted octanol–water partition coefficient (Wildman–Crippen LogP) is 2.33. The maximum atomic E-state index is 10.2. The number of aliphatic hydroxyl groups is 1. The molecule has 2 aromatic rings. The fourth-order valence-corrected chi connectivity index (χ4v) is 2.93. The van der Waals surface area contributed by atoms with Crippen LogP contribution in [0.5, 0.6) is 0 Å². The molecule has 0 radical (unpaired) electrons. The van der Waals surface area contributed by atoms with Crippen LogP contribution in [-0.2, 0) is 13.0 Å². The van der Waals surface area contributed by atoms with E-state index in [0.717, 1.165) is 24.1 Å². The number of fused-ring (bicyclic) bond motifs is 1. The molecule has 1 aliphatic carbocycles. The molecule has 0 bridgehead atoms. The van der Waals surface area contributed by atoms with Gasteiger partial charge in [-0.15, -0.1) is 0 Å².